The summed E-state index contributed by atoms with van der Waals surface area (Å²) in [6, 6.07) is 2.45. The normalized spacial score (nSPS) is 12.0. The van der Waals surface area contributed by atoms with Crippen LogP contribution in [-0.2, 0) is 11.0 Å². The molecule has 0 saturated carbocycles. The van der Waals surface area contributed by atoms with E-state index in [1.807, 2.05) is 0 Å². The molecular formula is C10H6F4O. The Balaban J connectivity index is 3.09. The third-order valence-corrected chi connectivity index (χ3v) is 1.67. The summed E-state index contributed by atoms with van der Waals surface area (Å²) in [6.07, 6.45) is -1.95. The molecule has 0 aliphatic heterocycles. The number of hydrogen-bond acceptors (Lipinski definition) is 1. The molecule has 0 N–H and O–H groups in total. The van der Waals surface area contributed by atoms with Gasteiger partial charge in [0.15, 0.2) is 0 Å². The molecule has 0 amide bonds. The first kappa shape index (κ1) is 11.4. The lowest BCUT2D eigenvalue weighted by Gasteiger charge is -2.07. The van der Waals surface area contributed by atoms with E-state index in [0.29, 0.717) is 12.4 Å². The summed E-state index contributed by atoms with van der Waals surface area (Å²) in [5.74, 6) is -1.35. The Morgan fingerprint density at radius 3 is 2.33 bits per heavy atom. The van der Waals surface area contributed by atoms with E-state index in [1.165, 1.54) is 6.08 Å². The largest absolute Gasteiger partial charge is 0.419 e. The molecule has 1 aromatic carbocycles. The van der Waals surface area contributed by atoms with Crippen LogP contribution in [0, 0.1) is 5.82 Å². The molecule has 0 fully saturated rings. The number of alkyl halides is 3. The summed E-state index contributed by atoms with van der Waals surface area (Å²) in [7, 11) is 0. The Bertz CT molecular complexity index is 393. The highest BCUT2D eigenvalue weighted by Crippen LogP contribution is 2.31. The van der Waals surface area contributed by atoms with Crippen molar-refractivity contribution >= 4 is 12.4 Å². The van der Waals surface area contributed by atoms with E-state index >= 15 is 0 Å². The van der Waals surface area contributed by atoms with Crippen LogP contribution in [-0.4, -0.2) is 6.29 Å². The van der Waals surface area contributed by atoms with Gasteiger partial charge in [0.25, 0.3) is 0 Å². The van der Waals surface area contributed by atoms with E-state index < -0.39 is 17.6 Å². The average molecular weight is 218 g/mol. The summed E-state index contributed by atoms with van der Waals surface area (Å²) >= 11 is 0. The molecule has 0 aliphatic carbocycles. The lowest BCUT2D eigenvalue weighted by Crippen LogP contribution is -2.07. The van der Waals surface area contributed by atoms with E-state index in [-0.39, 0.29) is 5.56 Å². The molecule has 0 spiro atoms. The van der Waals surface area contributed by atoms with Crippen LogP contribution in [0.15, 0.2) is 24.3 Å². The van der Waals surface area contributed by atoms with Gasteiger partial charge in [-0.15, -0.1) is 0 Å². The first-order valence-corrected chi connectivity index (χ1v) is 3.94. The fraction of sp³-hybridized carbons (Fsp3) is 0.100. The molecule has 0 aromatic heterocycles. The van der Waals surface area contributed by atoms with Gasteiger partial charge in [-0.3, -0.25) is 4.79 Å². The topological polar surface area (TPSA) is 17.1 Å². The predicted octanol–water partition coefficient (Wildman–Crippen LogP) is 3.06. The summed E-state index contributed by atoms with van der Waals surface area (Å²) < 4.78 is 49.3. The molecule has 80 valence electrons. The maximum absolute atomic E-state index is 12.9. The van der Waals surface area contributed by atoms with Crippen molar-refractivity contribution in [1.29, 1.82) is 0 Å². The number of halogens is 4. The zero-order valence-corrected chi connectivity index (χ0v) is 7.38. The van der Waals surface area contributed by atoms with Crippen LogP contribution in [0.25, 0.3) is 6.08 Å². The van der Waals surface area contributed by atoms with E-state index in [4.69, 9.17) is 0 Å². The maximum atomic E-state index is 12.9. The predicted molar refractivity (Wildman–Crippen MR) is 46.5 cm³/mol. The molecule has 0 saturated heterocycles. The van der Waals surface area contributed by atoms with Gasteiger partial charge in [-0.1, -0.05) is 12.1 Å². The number of rotatable bonds is 2. The van der Waals surface area contributed by atoms with Gasteiger partial charge in [0, 0.05) is 0 Å². The Morgan fingerprint density at radius 1 is 1.20 bits per heavy atom. The van der Waals surface area contributed by atoms with Crippen molar-refractivity contribution in [2.45, 2.75) is 6.18 Å². The van der Waals surface area contributed by atoms with Crippen LogP contribution in [0.3, 0.4) is 0 Å². The molecule has 0 radical (unpaired) electrons. The molecule has 0 unspecified atom stereocenters. The Hall–Kier alpha value is -1.65. The van der Waals surface area contributed by atoms with Crippen LogP contribution in [0.4, 0.5) is 17.6 Å². The number of aldehydes is 1. The van der Waals surface area contributed by atoms with Crippen LogP contribution in [0.1, 0.15) is 11.1 Å². The van der Waals surface area contributed by atoms with Gasteiger partial charge in [-0.25, -0.2) is 4.39 Å². The third-order valence-electron chi connectivity index (χ3n) is 1.67. The third kappa shape index (κ3) is 2.90. The first-order chi connectivity index (χ1) is 6.95. The zero-order chi connectivity index (χ0) is 11.5. The van der Waals surface area contributed by atoms with Gasteiger partial charge in [0.1, 0.15) is 12.1 Å². The summed E-state index contributed by atoms with van der Waals surface area (Å²) in [4.78, 5) is 9.93. The van der Waals surface area contributed by atoms with Crippen molar-refractivity contribution < 1.29 is 22.4 Å². The molecule has 0 aliphatic rings. The van der Waals surface area contributed by atoms with Crippen molar-refractivity contribution in [1.82, 2.24) is 0 Å². The second-order valence-corrected chi connectivity index (χ2v) is 2.73. The van der Waals surface area contributed by atoms with Crippen molar-refractivity contribution in [3.8, 4) is 0 Å². The highest BCUT2D eigenvalue weighted by Gasteiger charge is 2.33. The smallest absolute Gasteiger partial charge is 0.299 e. The zero-order valence-electron chi connectivity index (χ0n) is 7.38. The number of carbonyl (C=O) groups is 1. The lowest BCUT2D eigenvalue weighted by atomic mass is 10.1. The van der Waals surface area contributed by atoms with E-state index in [2.05, 4.69) is 0 Å². The second-order valence-electron chi connectivity index (χ2n) is 2.73. The molecule has 1 nitrogen and oxygen atoms in total. The van der Waals surface area contributed by atoms with Crippen molar-refractivity contribution in [3.63, 3.8) is 0 Å². The molecule has 0 atom stereocenters. The second kappa shape index (κ2) is 4.25. The fourth-order valence-corrected chi connectivity index (χ4v) is 1.02. The van der Waals surface area contributed by atoms with Crippen molar-refractivity contribution in [2.24, 2.45) is 0 Å². The van der Waals surface area contributed by atoms with E-state index in [1.54, 1.807) is 0 Å². The molecule has 0 bridgehead atoms. The minimum Gasteiger partial charge on any atom is -0.299 e. The van der Waals surface area contributed by atoms with E-state index in [0.717, 1.165) is 18.2 Å². The molecular weight excluding hydrogens is 212 g/mol. The Labute approximate surface area is 83.0 Å². The van der Waals surface area contributed by atoms with Gasteiger partial charge in [-0.2, -0.15) is 13.2 Å². The van der Waals surface area contributed by atoms with Crippen LogP contribution < -0.4 is 0 Å². The van der Waals surface area contributed by atoms with Gasteiger partial charge < -0.3 is 0 Å². The molecule has 1 rings (SSSR count). The molecule has 5 heteroatoms. The van der Waals surface area contributed by atoms with Gasteiger partial charge in [-0.05, 0) is 23.8 Å². The lowest BCUT2D eigenvalue weighted by molar-refractivity contribution is -0.140. The number of hydrogen-bond donors (Lipinski definition) is 0. The van der Waals surface area contributed by atoms with Crippen molar-refractivity contribution in [2.75, 3.05) is 0 Å². The minimum absolute atomic E-state index is 0.201. The average Bonchev–Trinajstić information content (AvgIpc) is 2.12. The van der Waals surface area contributed by atoms with Gasteiger partial charge in [0.2, 0.25) is 0 Å². The van der Waals surface area contributed by atoms with Gasteiger partial charge >= 0.3 is 6.18 Å². The maximum Gasteiger partial charge on any atom is 0.419 e. The highest BCUT2D eigenvalue weighted by molar-refractivity contribution is 5.73. The summed E-state index contributed by atoms with van der Waals surface area (Å²) in [5.41, 5.74) is -1.11. The minimum atomic E-state index is -4.70. The Kier molecular flexibility index (Phi) is 3.24. The number of carbonyl (C=O) groups excluding carboxylic acids is 1. The molecule has 15 heavy (non-hydrogen) atoms. The molecule has 0 heterocycles. The first-order valence-electron chi connectivity index (χ1n) is 3.94. The fourth-order valence-electron chi connectivity index (χ4n) is 1.02. The van der Waals surface area contributed by atoms with Crippen LogP contribution in [0.5, 0.6) is 0 Å². The standard InChI is InChI=1S/C10H6F4O/c11-9-6-7(2-1-5-15)3-4-8(9)10(12,13)14/h1-6H/b2-1+. The number of allylic oxidation sites excluding steroid dienone is 1. The summed E-state index contributed by atoms with van der Waals surface area (Å²) in [6.45, 7) is 0. The number of benzene rings is 1. The van der Waals surface area contributed by atoms with E-state index in [9.17, 15) is 22.4 Å². The Morgan fingerprint density at radius 2 is 1.87 bits per heavy atom. The SMILES string of the molecule is O=C/C=C/c1ccc(C(F)(F)F)c(F)c1. The van der Waals surface area contributed by atoms with Crippen LogP contribution in [0.2, 0.25) is 0 Å². The molecule has 1 aromatic rings. The van der Waals surface area contributed by atoms with Crippen molar-refractivity contribution in [3.05, 3.63) is 41.2 Å². The van der Waals surface area contributed by atoms with Gasteiger partial charge in [0.05, 0.1) is 5.56 Å². The summed E-state index contributed by atoms with van der Waals surface area (Å²) in [5, 5.41) is 0. The monoisotopic (exact) mass is 218 g/mol. The highest BCUT2D eigenvalue weighted by atomic mass is 19.4. The quantitative estimate of drug-likeness (QED) is 0.423. The van der Waals surface area contributed by atoms with Crippen LogP contribution >= 0.6 is 0 Å².